The molecule has 2 aromatic carbocycles. The van der Waals surface area contributed by atoms with Crippen LogP contribution >= 0.6 is 15.9 Å². The third-order valence-electron chi connectivity index (χ3n) is 8.54. The number of Topliss-reactive ketones (excluding diaryl/α,β-unsaturated/α-hetero) is 1. The van der Waals surface area contributed by atoms with Crippen molar-refractivity contribution in [3.63, 3.8) is 0 Å². The number of rotatable bonds is 5. The van der Waals surface area contributed by atoms with Crippen molar-refractivity contribution in [2.24, 2.45) is 17.8 Å². The topological polar surface area (TPSA) is 110 Å². The summed E-state index contributed by atoms with van der Waals surface area (Å²) in [5.74, 6) is -3.48. The maximum atomic E-state index is 14.1. The summed E-state index contributed by atoms with van der Waals surface area (Å²) < 4.78 is 11.4. The van der Waals surface area contributed by atoms with Crippen molar-refractivity contribution >= 4 is 51.1 Å². The highest BCUT2D eigenvalue weighted by Gasteiger charge is 2.57. The van der Waals surface area contributed by atoms with E-state index in [1.165, 1.54) is 37.3 Å². The number of carbonyl (C=O) groups excluding carboxylic acids is 4. The number of phenolic OH excluding ortho intramolecular Hbond substituents is 1. The van der Waals surface area contributed by atoms with Crippen LogP contribution in [0.15, 0.2) is 76.3 Å². The first-order valence-corrected chi connectivity index (χ1v) is 13.9. The van der Waals surface area contributed by atoms with E-state index in [1.54, 1.807) is 30.3 Å². The highest BCUT2D eigenvalue weighted by molar-refractivity contribution is 9.12. The van der Waals surface area contributed by atoms with Gasteiger partial charge in [-0.3, -0.25) is 24.1 Å². The third-order valence-corrected chi connectivity index (χ3v) is 9.12. The molecule has 1 saturated heterocycles. The van der Waals surface area contributed by atoms with Gasteiger partial charge in [0.2, 0.25) is 11.8 Å². The van der Waals surface area contributed by atoms with Crippen LogP contribution in [-0.4, -0.2) is 42.7 Å². The molecule has 3 aliphatic carbocycles. The van der Waals surface area contributed by atoms with E-state index in [9.17, 15) is 24.3 Å². The van der Waals surface area contributed by atoms with Crippen LogP contribution in [0.1, 0.15) is 29.9 Å². The summed E-state index contributed by atoms with van der Waals surface area (Å²) in [5.41, 5.74) is 3.14. The Morgan fingerprint density at radius 3 is 2.27 bits per heavy atom. The van der Waals surface area contributed by atoms with Crippen LogP contribution < -0.4 is 14.4 Å². The number of phenols is 1. The Hall–Kier alpha value is -4.24. The molecule has 4 atom stereocenters. The van der Waals surface area contributed by atoms with E-state index in [0.29, 0.717) is 23.2 Å². The normalized spacial score (nSPS) is 25.3. The number of methoxy groups -OCH3 is 2. The highest BCUT2D eigenvalue weighted by Crippen LogP contribution is 2.58. The van der Waals surface area contributed by atoms with Crippen molar-refractivity contribution in [2.45, 2.75) is 18.8 Å². The Balaban J connectivity index is 1.52. The average Bonchev–Trinajstić information content (AvgIpc) is 3.23. The molecule has 6 rings (SSSR count). The van der Waals surface area contributed by atoms with E-state index in [-0.39, 0.29) is 57.1 Å². The van der Waals surface area contributed by atoms with Gasteiger partial charge in [-0.25, -0.2) is 0 Å². The maximum Gasteiger partial charge on any atom is 0.238 e. The van der Waals surface area contributed by atoms with Gasteiger partial charge in [0.1, 0.15) is 17.2 Å². The third kappa shape index (κ3) is 4.01. The summed E-state index contributed by atoms with van der Waals surface area (Å²) in [5, 5.41) is 10.3. The number of fused-ring (bicyclic) bond motifs is 3. The van der Waals surface area contributed by atoms with Crippen molar-refractivity contribution in [2.75, 3.05) is 19.1 Å². The van der Waals surface area contributed by atoms with Gasteiger partial charge in [0, 0.05) is 40.8 Å². The molecule has 208 valence electrons. The molecule has 2 amide bonds. The van der Waals surface area contributed by atoms with Gasteiger partial charge in [-0.05, 0) is 52.4 Å². The molecule has 0 aromatic heterocycles. The molecule has 1 aliphatic heterocycles. The zero-order chi connectivity index (χ0) is 29.2. The Morgan fingerprint density at radius 1 is 1.00 bits per heavy atom. The number of amides is 2. The predicted octanol–water partition coefficient (Wildman–Crippen LogP) is 5.02. The number of halogens is 1. The predicted molar refractivity (Wildman–Crippen MR) is 155 cm³/mol. The molecular formula is C32H26BrNO7. The van der Waals surface area contributed by atoms with E-state index in [1.807, 2.05) is 6.08 Å². The van der Waals surface area contributed by atoms with Gasteiger partial charge < -0.3 is 14.6 Å². The van der Waals surface area contributed by atoms with Gasteiger partial charge in [0.05, 0.1) is 36.2 Å². The molecule has 1 N–H and O–H groups in total. The second kappa shape index (κ2) is 9.99. The maximum absolute atomic E-state index is 14.1. The number of ether oxygens (including phenoxy) is 2. The summed E-state index contributed by atoms with van der Waals surface area (Å²) >= 11 is 3.24. The first-order valence-electron chi connectivity index (χ1n) is 13.1. The zero-order valence-corrected chi connectivity index (χ0v) is 23.9. The van der Waals surface area contributed by atoms with Crippen molar-refractivity contribution in [1.82, 2.24) is 0 Å². The van der Waals surface area contributed by atoms with Gasteiger partial charge >= 0.3 is 0 Å². The molecule has 0 radical (unpaired) electrons. The molecule has 4 aliphatic rings. The zero-order valence-electron chi connectivity index (χ0n) is 22.3. The molecule has 1 fully saturated rings. The number of imide groups is 1. The van der Waals surface area contributed by atoms with Crippen molar-refractivity contribution in [3.05, 3.63) is 87.5 Å². The van der Waals surface area contributed by atoms with Gasteiger partial charge in [-0.15, -0.1) is 0 Å². The van der Waals surface area contributed by atoms with Gasteiger partial charge in [0.25, 0.3) is 0 Å². The number of aromatic hydroxyl groups is 1. The van der Waals surface area contributed by atoms with Crippen LogP contribution in [0.3, 0.4) is 0 Å². The van der Waals surface area contributed by atoms with E-state index >= 15 is 0 Å². The Morgan fingerprint density at radius 2 is 1.66 bits per heavy atom. The van der Waals surface area contributed by atoms with Gasteiger partial charge in [0.15, 0.2) is 11.6 Å². The summed E-state index contributed by atoms with van der Waals surface area (Å²) in [6, 6.07) is 9.88. The fourth-order valence-corrected chi connectivity index (χ4v) is 7.21. The minimum Gasteiger partial charge on any atom is -0.508 e. The minimum atomic E-state index is -0.785. The van der Waals surface area contributed by atoms with E-state index in [4.69, 9.17) is 9.47 Å². The van der Waals surface area contributed by atoms with E-state index < -0.39 is 23.7 Å². The lowest BCUT2D eigenvalue weighted by molar-refractivity contribution is -0.123. The summed E-state index contributed by atoms with van der Waals surface area (Å²) in [6.45, 7) is 3.75. The number of ketones is 2. The number of allylic oxidation sites excluding steroid dienone is 6. The summed E-state index contributed by atoms with van der Waals surface area (Å²) in [7, 11) is 2.88. The second-order valence-electron chi connectivity index (χ2n) is 10.5. The number of hydrogen-bond donors (Lipinski definition) is 1. The molecule has 9 heteroatoms. The monoisotopic (exact) mass is 615 g/mol. The van der Waals surface area contributed by atoms with Crippen LogP contribution in [0.4, 0.5) is 5.69 Å². The Labute approximate surface area is 244 Å². The number of benzene rings is 2. The fourth-order valence-electron chi connectivity index (χ4n) is 6.76. The molecule has 41 heavy (non-hydrogen) atoms. The lowest BCUT2D eigenvalue weighted by atomic mass is 9.59. The molecule has 2 aromatic rings. The Kier molecular flexibility index (Phi) is 6.57. The number of hydrogen-bond acceptors (Lipinski definition) is 7. The molecule has 0 saturated carbocycles. The molecule has 8 nitrogen and oxygen atoms in total. The minimum absolute atomic E-state index is 0.0925. The highest BCUT2D eigenvalue weighted by atomic mass is 79.9. The van der Waals surface area contributed by atoms with Gasteiger partial charge in [-0.1, -0.05) is 36.4 Å². The van der Waals surface area contributed by atoms with Crippen LogP contribution in [0, 0.1) is 17.8 Å². The number of nitrogens with zero attached hydrogens (tertiary/aromatic N) is 1. The molecule has 0 spiro atoms. The van der Waals surface area contributed by atoms with Crippen LogP contribution in [-0.2, 0) is 19.2 Å². The summed E-state index contributed by atoms with van der Waals surface area (Å²) in [4.78, 5) is 56.0. The average molecular weight is 616 g/mol. The smallest absolute Gasteiger partial charge is 0.238 e. The SMILES string of the molecule is C=Cc1ccc(N2C(=O)[C@H]3[C@H](CC=C4[C@H](c5c(OC)cc(O)cc5OC)C5=C(C[C@H]43)C(=O)C(Br)=CC5=O)C2=O)cc1. The number of carbonyl (C=O) groups is 4. The van der Waals surface area contributed by atoms with E-state index in [2.05, 4.69) is 22.5 Å². The first-order chi connectivity index (χ1) is 19.7. The molecule has 1 heterocycles. The van der Waals surface area contributed by atoms with Crippen molar-refractivity contribution in [3.8, 4) is 17.2 Å². The molecule has 0 bridgehead atoms. The van der Waals surface area contributed by atoms with Crippen LogP contribution in [0.5, 0.6) is 17.2 Å². The quantitative estimate of drug-likeness (QED) is 0.286. The lowest BCUT2D eigenvalue weighted by Gasteiger charge is -2.42. The van der Waals surface area contributed by atoms with Gasteiger partial charge in [-0.2, -0.15) is 0 Å². The fraction of sp³-hybridized carbons (Fsp3) is 0.250. The number of anilines is 1. The summed E-state index contributed by atoms with van der Waals surface area (Å²) in [6.07, 6.45) is 5.30. The standard InChI is InChI=1S/C32H26BrNO7/c1-4-15-5-7-16(8-6-15)34-31(38)19-10-9-18-20(26(19)32(34)39)13-21-27(23(36)14-22(33)30(21)37)28(18)29-24(40-2)11-17(35)12-25(29)41-3/h4-9,11-12,14,19-20,26,28,35H,1,10,13H2,2-3H3/t19-,20+,26-,28-/m0/s1. The van der Waals surface area contributed by atoms with Crippen molar-refractivity contribution in [1.29, 1.82) is 0 Å². The second-order valence-corrected chi connectivity index (χ2v) is 11.3. The first kappa shape index (κ1) is 27.0. The molecule has 0 unspecified atom stereocenters. The van der Waals surface area contributed by atoms with E-state index in [0.717, 1.165) is 11.1 Å². The van der Waals surface area contributed by atoms with Crippen LogP contribution in [0.25, 0.3) is 6.08 Å². The largest absolute Gasteiger partial charge is 0.508 e. The van der Waals surface area contributed by atoms with Crippen LogP contribution in [0.2, 0.25) is 0 Å². The lowest BCUT2D eigenvalue weighted by Crippen LogP contribution is -2.39. The molecular weight excluding hydrogens is 590 g/mol. The Bertz CT molecular complexity index is 1620. The van der Waals surface area contributed by atoms with Crippen molar-refractivity contribution < 1.29 is 33.8 Å².